The van der Waals surface area contributed by atoms with Crippen LogP contribution >= 0.6 is 0 Å². The summed E-state index contributed by atoms with van der Waals surface area (Å²) < 4.78 is 16.3. The minimum atomic E-state index is -0.263. The van der Waals surface area contributed by atoms with Gasteiger partial charge in [0, 0.05) is 28.7 Å². The Kier molecular flexibility index (Phi) is 1.65. The van der Waals surface area contributed by atoms with Crippen LogP contribution in [0, 0.1) is 5.82 Å². The molecule has 4 rings (SSSR count). The quantitative estimate of drug-likeness (QED) is 0.844. The van der Waals surface area contributed by atoms with Crippen molar-refractivity contribution in [2.75, 3.05) is 0 Å². The average Bonchev–Trinajstić information content (AvgIpc) is 3.22. The highest BCUT2D eigenvalue weighted by Gasteiger charge is 2.43. The maximum absolute atomic E-state index is 14.0. The zero-order valence-electron chi connectivity index (χ0n) is 9.62. The molecule has 0 amide bonds. The van der Waals surface area contributed by atoms with Crippen molar-refractivity contribution in [3.05, 3.63) is 35.8 Å². The highest BCUT2D eigenvalue weighted by atomic mass is 19.1. The number of benzene rings is 1. The lowest BCUT2D eigenvalue weighted by atomic mass is 10.0. The molecule has 2 N–H and O–H groups in total. The van der Waals surface area contributed by atoms with Crippen molar-refractivity contribution in [3.63, 3.8) is 0 Å². The first-order chi connectivity index (χ1) is 8.19. The molecule has 2 nitrogen and oxygen atoms in total. The Bertz CT molecular complexity index is 606. The van der Waals surface area contributed by atoms with Crippen LogP contribution in [0.2, 0.25) is 0 Å². The normalized spacial score (nSPS) is 22.0. The third kappa shape index (κ3) is 1.29. The minimum absolute atomic E-state index is 0.131. The predicted molar refractivity (Wildman–Crippen MR) is 65.3 cm³/mol. The Morgan fingerprint density at radius 2 is 2.06 bits per heavy atom. The Hall–Kier alpha value is -1.35. The van der Waals surface area contributed by atoms with Gasteiger partial charge >= 0.3 is 0 Å². The van der Waals surface area contributed by atoms with Crippen molar-refractivity contribution in [3.8, 4) is 0 Å². The van der Waals surface area contributed by atoms with Crippen LogP contribution in [0.15, 0.2) is 24.4 Å². The lowest BCUT2D eigenvalue weighted by Crippen LogP contribution is -2.18. The van der Waals surface area contributed by atoms with Crippen LogP contribution in [-0.4, -0.2) is 4.57 Å². The number of halogens is 1. The van der Waals surface area contributed by atoms with Gasteiger partial charge in [-0.1, -0.05) is 6.07 Å². The summed E-state index contributed by atoms with van der Waals surface area (Å²) in [6.07, 6.45) is 6.46. The Balaban J connectivity index is 2.05. The van der Waals surface area contributed by atoms with Gasteiger partial charge in [-0.05, 0) is 37.8 Å². The molecule has 0 unspecified atom stereocenters. The largest absolute Gasteiger partial charge is 0.344 e. The van der Waals surface area contributed by atoms with E-state index in [1.807, 2.05) is 6.07 Å². The predicted octanol–water partition coefficient (Wildman–Crippen LogP) is 3.06. The first-order valence-corrected chi connectivity index (χ1v) is 6.27. The second-order valence-electron chi connectivity index (χ2n) is 5.47. The van der Waals surface area contributed by atoms with E-state index in [1.165, 1.54) is 18.9 Å². The van der Waals surface area contributed by atoms with Gasteiger partial charge in [-0.2, -0.15) is 0 Å². The fraction of sp³-hybridized carbons (Fsp3) is 0.429. The van der Waals surface area contributed by atoms with E-state index in [9.17, 15) is 4.39 Å². The molecular formula is C14H15FN2. The molecule has 3 heteroatoms. The molecule has 0 radical (unpaired) electrons. The lowest BCUT2D eigenvalue weighted by Gasteiger charge is -2.06. The van der Waals surface area contributed by atoms with Crippen LogP contribution in [0.3, 0.4) is 0 Å². The molecule has 2 fully saturated rings. The number of rotatable bonds is 2. The van der Waals surface area contributed by atoms with Crippen molar-refractivity contribution >= 4 is 10.9 Å². The third-order valence-electron chi connectivity index (χ3n) is 4.07. The van der Waals surface area contributed by atoms with Crippen LogP contribution in [0.25, 0.3) is 10.9 Å². The second-order valence-corrected chi connectivity index (χ2v) is 5.47. The van der Waals surface area contributed by atoms with Gasteiger partial charge in [0.2, 0.25) is 0 Å². The summed E-state index contributed by atoms with van der Waals surface area (Å²) in [5.41, 5.74) is 8.02. The van der Waals surface area contributed by atoms with Crippen molar-refractivity contribution in [2.24, 2.45) is 5.73 Å². The fourth-order valence-electron chi connectivity index (χ4n) is 2.70. The number of aromatic nitrogens is 1. The number of hydrogen-bond donors (Lipinski definition) is 1. The molecule has 2 aromatic rings. The molecule has 0 atom stereocenters. The molecule has 2 aliphatic carbocycles. The van der Waals surface area contributed by atoms with Gasteiger partial charge in [0.1, 0.15) is 5.82 Å². The summed E-state index contributed by atoms with van der Waals surface area (Å²) in [5.74, 6) is -0.131. The summed E-state index contributed by atoms with van der Waals surface area (Å²) >= 11 is 0. The van der Waals surface area contributed by atoms with Crippen molar-refractivity contribution in [1.82, 2.24) is 4.57 Å². The molecule has 2 saturated carbocycles. The average molecular weight is 230 g/mol. The van der Waals surface area contributed by atoms with Crippen LogP contribution < -0.4 is 5.73 Å². The van der Waals surface area contributed by atoms with Gasteiger partial charge in [-0.3, -0.25) is 0 Å². The number of fused-ring (bicyclic) bond motifs is 1. The van der Waals surface area contributed by atoms with E-state index >= 15 is 0 Å². The molecule has 1 aromatic carbocycles. The van der Waals surface area contributed by atoms with E-state index in [0.29, 0.717) is 6.04 Å². The molecule has 2 aliphatic rings. The van der Waals surface area contributed by atoms with Crippen LogP contribution in [-0.2, 0) is 5.54 Å². The summed E-state index contributed by atoms with van der Waals surface area (Å²) in [5, 5.41) is 0.749. The van der Waals surface area contributed by atoms with Gasteiger partial charge in [-0.25, -0.2) is 4.39 Å². The summed E-state index contributed by atoms with van der Waals surface area (Å²) in [6.45, 7) is 0. The Morgan fingerprint density at radius 1 is 1.29 bits per heavy atom. The molecule has 0 aliphatic heterocycles. The van der Waals surface area contributed by atoms with Crippen molar-refractivity contribution < 1.29 is 4.39 Å². The van der Waals surface area contributed by atoms with E-state index in [0.717, 1.165) is 29.3 Å². The lowest BCUT2D eigenvalue weighted by molar-refractivity contribution is 0.635. The number of hydrogen-bond acceptors (Lipinski definition) is 1. The maximum Gasteiger partial charge on any atom is 0.132 e. The van der Waals surface area contributed by atoms with E-state index in [2.05, 4.69) is 10.8 Å². The van der Waals surface area contributed by atoms with E-state index < -0.39 is 0 Å². The van der Waals surface area contributed by atoms with Gasteiger partial charge in [0.25, 0.3) is 0 Å². The molecule has 88 valence electrons. The van der Waals surface area contributed by atoms with E-state index in [4.69, 9.17) is 5.73 Å². The first kappa shape index (κ1) is 9.66. The first-order valence-electron chi connectivity index (χ1n) is 6.27. The summed E-state index contributed by atoms with van der Waals surface area (Å²) in [4.78, 5) is 0. The van der Waals surface area contributed by atoms with Crippen molar-refractivity contribution in [1.29, 1.82) is 0 Å². The monoisotopic (exact) mass is 230 g/mol. The second kappa shape index (κ2) is 2.91. The van der Waals surface area contributed by atoms with Crippen LogP contribution in [0.4, 0.5) is 4.39 Å². The Labute approximate surface area is 99.2 Å². The van der Waals surface area contributed by atoms with Crippen molar-refractivity contribution in [2.45, 2.75) is 37.3 Å². The van der Waals surface area contributed by atoms with Gasteiger partial charge in [0.05, 0.1) is 5.52 Å². The standard InChI is InChI=1S/C14H15FN2/c15-11-2-1-3-12-13(11)10(14(16)6-7-14)8-17(12)9-4-5-9/h1-3,8-9H,4-7,16H2. The topological polar surface area (TPSA) is 30.9 Å². The molecule has 17 heavy (non-hydrogen) atoms. The zero-order valence-corrected chi connectivity index (χ0v) is 9.62. The third-order valence-corrected chi connectivity index (χ3v) is 4.07. The summed E-state index contributed by atoms with van der Waals surface area (Å²) in [6, 6.07) is 5.90. The molecule has 0 bridgehead atoms. The Morgan fingerprint density at radius 3 is 2.71 bits per heavy atom. The van der Waals surface area contributed by atoms with E-state index in [-0.39, 0.29) is 11.4 Å². The highest BCUT2D eigenvalue weighted by molar-refractivity contribution is 5.86. The van der Waals surface area contributed by atoms with Crippen LogP contribution in [0.1, 0.15) is 37.3 Å². The smallest absolute Gasteiger partial charge is 0.132 e. The summed E-state index contributed by atoms with van der Waals surface area (Å²) in [7, 11) is 0. The molecule has 0 spiro atoms. The number of nitrogens with two attached hydrogens (primary N) is 1. The maximum atomic E-state index is 14.0. The highest BCUT2D eigenvalue weighted by Crippen LogP contribution is 2.48. The minimum Gasteiger partial charge on any atom is -0.344 e. The number of nitrogens with zero attached hydrogens (tertiary/aromatic N) is 1. The van der Waals surface area contributed by atoms with Gasteiger partial charge in [-0.15, -0.1) is 0 Å². The molecule has 0 saturated heterocycles. The van der Waals surface area contributed by atoms with Crippen LogP contribution in [0.5, 0.6) is 0 Å². The SMILES string of the molecule is NC1(c2cn(C3CC3)c3cccc(F)c23)CC1. The zero-order chi connectivity index (χ0) is 11.6. The van der Waals surface area contributed by atoms with Gasteiger partial charge < -0.3 is 10.3 Å². The molecule has 1 heterocycles. The molecule has 1 aromatic heterocycles. The van der Waals surface area contributed by atoms with E-state index in [1.54, 1.807) is 6.07 Å². The molecular weight excluding hydrogens is 215 g/mol. The van der Waals surface area contributed by atoms with Gasteiger partial charge in [0.15, 0.2) is 0 Å². The fourth-order valence-corrected chi connectivity index (χ4v) is 2.70.